The third-order valence-corrected chi connectivity index (χ3v) is 3.68. The lowest BCUT2D eigenvalue weighted by atomic mass is 10.1. The SMILES string of the molecule is Cc1ccc(NC(=O)C(C)C)cc1NC(=O)CSCC(=O)O. The van der Waals surface area contributed by atoms with Crippen LogP contribution in [0, 0.1) is 12.8 Å². The number of carbonyl (C=O) groups excluding carboxylic acids is 2. The molecule has 0 heterocycles. The van der Waals surface area contributed by atoms with E-state index in [0.29, 0.717) is 11.4 Å². The summed E-state index contributed by atoms with van der Waals surface area (Å²) in [4.78, 5) is 33.9. The molecular formula is C15H20N2O4S. The van der Waals surface area contributed by atoms with Gasteiger partial charge in [0.05, 0.1) is 11.5 Å². The predicted octanol–water partition coefficient (Wildman–Crippen LogP) is 2.35. The Morgan fingerprint density at radius 2 is 1.86 bits per heavy atom. The van der Waals surface area contributed by atoms with Crippen molar-refractivity contribution in [1.29, 1.82) is 0 Å². The minimum absolute atomic E-state index is 0.0638. The minimum Gasteiger partial charge on any atom is -0.481 e. The Morgan fingerprint density at radius 1 is 1.18 bits per heavy atom. The van der Waals surface area contributed by atoms with Crippen LogP contribution in [0.15, 0.2) is 18.2 Å². The van der Waals surface area contributed by atoms with E-state index in [9.17, 15) is 14.4 Å². The largest absolute Gasteiger partial charge is 0.481 e. The number of carboxylic acids is 1. The lowest BCUT2D eigenvalue weighted by Crippen LogP contribution is -2.19. The maximum absolute atomic E-state index is 11.8. The van der Waals surface area contributed by atoms with E-state index in [0.717, 1.165) is 17.3 Å². The number of rotatable bonds is 7. The molecule has 7 heteroatoms. The number of nitrogens with one attached hydrogen (secondary N) is 2. The molecular weight excluding hydrogens is 304 g/mol. The highest BCUT2D eigenvalue weighted by Gasteiger charge is 2.10. The Labute approximate surface area is 133 Å². The summed E-state index contributed by atoms with van der Waals surface area (Å²) >= 11 is 1.03. The molecule has 0 spiro atoms. The molecule has 0 radical (unpaired) electrons. The number of anilines is 2. The molecule has 0 aliphatic heterocycles. The van der Waals surface area contributed by atoms with Crippen LogP contribution in [0.25, 0.3) is 0 Å². The number of carboxylic acid groups (broad SMARTS) is 1. The summed E-state index contributed by atoms with van der Waals surface area (Å²) in [5, 5.41) is 14.0. The molecule has 22 heavy (non-hydrogen) atoms. The van der Waals surface area contributed by atoms with Gasteiger partial charge in [-0.1, -0.05) is 19.9 Å². The molecule has 2 amide bonds. The lowest BCUT2D eigenvalue weighted by molar-refractivity contribution is -0.133. The standard InChI is InChI=1S/C15H20N2O4S/c1-9(2)15(21)16-11-5-4-10(3)12(6-11)17-13(18)7-22-8-14(19)20/h4-6,9H,7-8H2,1-3H3,(H,16,21)(H,17,18)(H,19,20). The summed E-state index contributed by atoms with van der Waals surface area (Å²) in [5.41, 5.74) is 2.07. The highest BCUT2D eigenvalue weighted by Crippen LogP contribution is 2.21. The number of aryl methyl sites for hydroxylation is 1. The van der Waals surface area contributed by atoms with Crippen LogP contribution in [0.5, 0.6) is 0 Å². The van der Waals surface area contributed by atoms with E-state index in [4.69, 9.17) is 5.11 Å². The van der Waals surface area contributed by atoms with Crippen LogP contribution in [0.1, 0.15) is 19.4 Å². The molecule has 0 saturated carbocycles. The van der Waals surface area contributed by atoms with Crippen LogP contribution >= 0.6 is 11.8 Å². The van der Waals surface area contributed by atoms with Gasteiger partial charge in [-0.25, -0.2) is 0 Å². The monoisotopic (exact) mass is 324 g/mol. The fourth-order valence-corrected chi connectivity index (χ4v) is 2.07. The molecule has 6 nitrogen and oxygen atoms in total. The van der Waals surface area contributed by atoms with Crippen molar-refractivity contribution in [2.75, 3.05) is 22.1 Å². The molecule has 3 N–H and O–H groups in total. The van der Waals surface area contributed by atoms with Crippen molar-refractivity contribution >= 4 is 40.9 Å². The van der Waals surface area contributed by atoms with E-state index in [1.807, 2.05) is 6.92 Å². The quantitative estimate of drug-likeness (QED) is 0.715. The molecule has 0 aliphatic rings. The molecule has 0 atom stereocenters. The van der Waals surface area contributed by atoms with E-state index < -0.39 is 5.97 Å². The molecule has 0 aliphatic carbocycles. The van der Waals surface area contributed by atoms with Gasteiger partial charge in [0.2, 0.25) is 11.8 Å². The fourth-order valence-electron chi connectivity index (χ4n) is 1.54. The van der Waals surface area contributed by atoms with Crippen molar-refractivity contribution in [1.82, 2.24) is 0 Å². The highest BCUT2D eigenvalue weighted by molar-refractivity contribution is 8.00. The fraction of sp³-hybridized carbons (Fsp3) is 0.400. The average molecular weight is 324 g/mol. The van der Waals surface area contributed by atoms with Crippen LogP contribution in [0.3, 0.4) is 0 Å². The summed E-state index contributed by atoms with van der Waals surface area (Å²) in [6, 6.07) is 5.26. The van der Waals surface area contributed by atoms with E-state index in [1.165, 1.54) is 0 Å². The lowest BCUT2D eigenvalue weighted by Gasteiger charge is -2.12. The maximum atomic E-state index is 11.8. The third kappa shape index (κ3) is 6.17. The van der Waals surface area contributed by atoms with Gasteiger partial charge >= 0.3 is 5.97 Å². The zero-order chi connectivity index (χ0) is 16.7. The average Bonchev–Trinajstić information content (AvgIpc) is 2.41. The van der Waals surface area contributed by atoms with Gasteiger partial charge in [0.25, 0.3) is 0 Å². The van der Waals surface area contributed by atoms with Crippen LogP contribution in [0.4, 0.5) is 11.4 Å². The van der Waals surface area contributed by atoms with Gasteiger partial charge < -0.3 is 15.7 Å². The van der Waals surface area contributed by atoms with Gasteiger partial charge in [-0.3, -0.25) is 14.4 Å². The summed E-state index contributed by atoms with van der Waals surface area (Å²) in [7, 11) is 0. The van der Waals surface area contributed by atoms with Gasteiger partial charge in [-0.05, 0) is 24.6 Å². The number of aliphatic carboxylic acids is 1. The molecule has 1 aromatic rings. The Balaban J connectivity index is 2.67. The molecule has 0 saturated heterocycles. The zero-order valence-corrected chi connectivity index (χ0v) is 13.6. The van der Waals surface area contributed by atoms with Gasteiger partial charge in [-0.2, -0.15) is 0 Å². The smallest absolute Gasteiger partial charge is 0.313 e. The van der Waals surface area contributed by atoms with Crippen molar-refractivity contribution < 1.29 is 19.5 Å². The van der Waals surface area contributed by atoms with Crippen molar-refractivity contribution in [2.24, 2.45) is 5.92 Å². The number of thioether (sulfide) groups is 1. The van der Waals surface area contributed by atoms with Crippen molar-refractivity contribution in [3.8, 4) is 0 Å². The van der Waals surface area contributed by atoms with E-state index >= 15 is 0 Å². The topological polar surface area (TPSA) is 95.5 Å². The van der Waals surface area contributed by atoms with Crippen LogP contribution in [0.2, 0.25) is 0 Å². The number of hydrogen-bond acceptors (Lipinski definition) is 4. The minimum atomic E-state index is -0.952. The van der Waals surface area contributed by atoms with Crippen molar-refractivity contribution in [3.63, 3.8) is 0 Å². The second kappa shape index (κ2) is 8.43. The van der Waals surface area contributed by atoms with Gasteiger partial charge in [0.15, 0.2) is 0 Å². The predicted molar refractivity (Wildman–Crippen MR) is 88.2 cm³/mol. The molecule has 0 bridgehead atoms. The first kappa shape index (κ1) is 18.0. The Morgan fingerprint density at radius 3 is 2.45 bits per heavy atom. The first-order chi connectivity index (χ1) is 10.3. The van der Waals surface area contributed by atoms with Crippen LogP contribution < -0.4 is 10.6 Å². The van der Waals surface area contributed by atoms with Gasteiger partial charge in [0, 0.05) is 17.3 Å². The molecule has 0 fully saturated rings. The first-order valence-electron chi connectivity index (χ1n) is 6.80. The molecule has 0 aromatic heterocycles. The van der Waals surface area contributed by atoms with Crippen LogP contribution in [-0.2, 0) is 14.4 Å². The van der Waals surface area contributed by atoms with Crippen LogP contribution in [-0.4, -0.2) is 34.4 Å². The number of carbonyl (C=O) groups is 3. The summed E-state index contributed by atoms with van der Waals surface area (Å²) in [6.45, 7) is 5.44. The normalized spacial score (nSPS) is 10.4. The Bertz CT molecular complexity index is 573. The molecule has 1 rings (SSSR count). The number of hydrogen-bond donors (Lipinski definition) is 3. The Hall–Kier alpha value is -2.02. The van der Waals surface area contributed by atoms with E-state index in [-0.39, 0.29) is 29.2 Å². The number of benzene rings is 1. The van der Waals surface area contributed by atoms with E-state index in [1.54, 1.807) is 32.0 Å². The first-order valence-corrected chi connectivity index (χ1v) is 7.96. The summed E-state index contributed by atoms with van der Waals surface area (Å²) in [6.07, 6.45) is 0. The number of amides is 2. The summed E-state index contributed by atoms with van der Waals surface area (Å²) in [5.74, 6) is -1.51. The van der Waals surface area contributed by atoms with Gasteiger partial charge in [0.1, 0.15) is 0 Å². The second-order valence-electron chi connectivity index (χ2n) is 5.11. The molecule has 1 aromatic carbocycles. The second-order valence-corrected chi connectivity index (χ2v) is 6.09. The molecule has 0 unspecified atom stereocenters. The Kier molecular flexibility index (Phi) is 6.91. The van der Waals surface area contributed by atoms with Crippen molar-refractivity contribution in [2.45, 2.75) is 20.8 Å². The van der Waals surface area contributed by atoms with Crippen molar-refractivity contribution in [3.05, 3.63) is 23.8 Å². The van der Waals surface area contributed by atoms with E-state index in [2.05, 4.69) is 10.6 Å². The summed E-state index contributed by atoms with van der Waals surface area (Å²) < 4.78 is 0. The van der Waals surface area contributed by atoms with Gasteiger partial charge in [-0.15, -0.1) is 11.8 Å². The maximum Gasteiger partial charge on any atom is 0.313 e. The zero-order valence-electron chi connectivity index (χ0n) is 12.8. The highest BCUT2D eigenvalue weighted by atomic mass is 32.2. The molecule has 120 valence electrons. The third-order valence-electron chi connectivity index (χ3n) is 2.76.